The fraction of sp³-hybridized carbons (Fsp3) is 0.182. The number of nitrogens with one attached hydrogen (secondary N) is 1. The minimum absolute atomic E-state index is 0.0205. The van der Waals surface area contributed by atoms with Crippen LogP contribution in [-0.2, 0) is 11.2 Å². The first-order valence-electron chi connectivity index (χ1n) is 5.33. The second kappa shape index (κ2) is 4.98. The number of nitro benzene ring substituents is 1. The summed E-state index contributed by atoms with van der Waals surface area (Å²) >= 11 is 3.29. The Labute approximate surface area is 115 Å². The smallest absolute Gasteiger partial charge is 0.320 e. The van der Waals surface area contributed by atoms with Crippen LogP contribution in [-0.4, -0.2) is 27.0 Å². The van der Waals surface area contributed by atoms with Gasteiger partial charge in [0.1, 0.15) is 6.04 Å². The molecule has 0 amide bonds. The highest BCUT2D eigenvalue weighted by molar-refractivity contribution is 9.10. The molecule has 0 spiro atoms. The predicted octanol–water partition coefficient (Wildman–Crippen LogP) is 1.79. The van der Waals surface area contributed by atoms with Gasteiger partial charge in [0.25, 0.3) is 5.69 Å². The van der Waals surface area contributed by atoms with Crippen molar-refractivity contribution in [2.45, 2.75) is 12.5 Å². The number of halogens is 1. The minimum Gasteiger partial charge on any atom is -0.480 e. The molecule has 0 fully saturated rings. The van der Waals surface area contributed by atoms with Gasteiger partial charge in [-0.05, 0) is 27.6 Å². The normalized spacial score (nSPS) is 12.5. The lowest BCUT2D eigenvalue weighted by molar-refractivity contribution is -0.383. The minimum atomic E-state index is -1.15. The van der Waals surface area contributed by atoms with E-state index in [1.165, 1.54) is 6.07 Å². The van der Waals surface area contributed by atoms with Crippen LogP contribution < -0.4 is 5.73 Å². The molecule has 7 nitrogen and oxygen atoms in total. The molecule has 0 radical (unpaired) electrons. The number of nitro groups is 1. The molecule has 4 N–H and O–H groups in total. The highest BCUT2D eigenvalue weighted by Crippen LogP contribution is 2.34. The van der Waals surface area contributed by atoms with Gasteiger partial charge in [0, 0.05) is 23.2 Å². The van der Waals surface area contributed by atoms with Crippen molar-refractivity contribution in [1.82, 2.24) is 4.98 Å². The second-order valence-corrected chi connectivity index (χ2v) is 4.89. The lowest BCUT2D eigenvalue weighted by Crippen LogP contribution is -2.32. The molecule has 0 saturated heterocycles. The number of aliphatic carboxylic acids is 1. The number of carboxylic acid groups (broad SMARTS) is 1. The van der Waals surface area contributed by atoms with Crippen molar-refractivity contribution in [1.29, 1.82) is 0 Å². The van der Waals surface area contributed by atoms with E-state index >= 15 is 0 Å². The molecule has 2 aromatic rings. The molecule has 0 aliphatic rings. The van der Waals surface area contributed by atoms with Crippen LogP contribution in [0.1, 0.15) is 5.56 Å². The third-order valence-corrected chi connectivity index (χ3v) is 3.46. The van der Waals surface area contributed by atoms with Gasteiger partial charge in [-0.25, -0.2) is 0 Å². The van der Waals surface area contributed by atoms with E-state index < -0.39 is 16.9 Å². The number of hydrogen-bond acceptors (Lipinski definition) is 4. The first kappa shape index (κ1) is 13.5. The van der Waals surface area contributed by atoms with E-state index in [0.717, 1.165) is 0 Å². The van der Waals surface area contributed by atoms with E-state index in [4.69, 9.17) is 10.8 Å². The number of non-ortho nitro benzene ring substituents is 1. The first-order valence-corrected chi connectivity index (χ1v) is 6.12. The number of hydrogen-bond donors (Lipinski definition) is 3. The van der Waals surface area contributed by atoms with Crippen LogP contribution in [0.2, 0.25) is 0 Å². The second-order valence-electron chi connectivity index (χ2n) is 4.04. The standard InChI is InChI=1S/C11H10BrN3O4/c12-6-1-2-8(15(18)19)9-5(4-14-10(6)9)3-7(13)11(16)17/h1-2,4,7,14H,3,13H2,(H,16,17)/t7-/m0/s1. The predicted molar refractivity (Wildman–Crippen MR) is 72.0 cm³/mol. The van der Waals surface area contributed by atoms with Gasteiger partial charge in [-0.2, -0.15) is 0 Å². The van der Waals surface area contributed by atoms with E-state index in [9.17, 15) is 14.9 Å². The van der Waals surface area contributed by atoms with Gasteiger partial charge in [0.2, 0.25) is 0 Å². The van der Waals surface area contributed by atoms with Gasteiger partial charge in [-0.15, -0.1) is 0 Å². The number of rotatable bonds is 4. The number of fused-ring (bicyclic) bond motifs is 1. The van der Waals surface area contributed by atoms with Crippen molar-refractivity contribution in [3.05, 3.63) is 38.5 Å². The molecule has 1 aromatic carbocycles. The summed E-state index contributed by atoms with van der Waals surface area (Å²) in [5.41, 5.74) is 6.46. The third-order valence-electron chi connectivity index (χ3n) is 2.80. The van der Waals surface area contributed by atoms with E-state index in [1.54, 1.807) is 12.3 Å². The summed E-state index contributed by atoms with van der Waals surface area (Å²) in [6, 6.07) is 1.84. The van der Waals surface area contributed by atoms with Crippen LogP contribution in [0.4, 0.5) is 5.69 Å². The maximum Gasteiger partial charge on any atom is 0.320 e. The van der Waals surface area contributed by atoms with Crippen molar-refractivity contribution >= 4 is 38.5 Å². The number of carbonyl (C=O) groups is 1. The van der Waals surface area contributed by atoms with Crippen molar-refractivity contribution in [3.8, 4) is 0 Å². The van der Waals surface area contributed by atoms with E-state index in [2.05, 4.69) is 20.9 Å². The zero-order valence-electron chi connectivity index (χ0n) is 9.59. The van der Waals surface area contributed by atoms with Crippen molar-refractivity contribution in [2.24, 2.45) is 5.73 Å². The van der Waals surface area contributed by atoms with Gasteiger partial charge < -0.3 is 15.8 Å². The zero-order valence-corrected chi connectivity index (χ0v) is 11.2. The molecule has 19 heavy (non-hydrogen) atoms. The number of carboxylic acids is 1. The summed E-state index contributed by atoms with van der Waals surface area (Å²) in [6.45, 7) is 0. The third kappa shape index (κ3) is 2.45. The molecule has 0 unspecified atom stereocenters. The van der Waals surface area contributed by atoms with Crippen LogP contribution in [0, 0.1) is 10.1 Å². The molecular weight excluding hydrogens is 318 g/mol. The van der Waals surface area contributed by atoms with Crippen molar-refractivity contribution in [3.63, 3.8) is 0 Å². The van der Waals surface area contributed by atoms with E-state index in [1.807, 2.05) is 0 Å². The summed E-state index contributed by atoms with van der Waals surface area (Å²) in [5, 5.41) is 20.2. The lowest BCUT2D eigenvalue weighted by atomic mass is 10.0. The fourth-order valence-electron chi connectivity index (χ4n) is 1.90. The number of nitrogens with zero attached hydrogens (tertiary/aromatic N) is 1. The summed E-state index contributed by atoms with van der Waals surface area (Å²) in [6.07, 6.45) is 1.57. The molecule has 0 bridgehead atoms. The summed E-state index contributed by atoms with van der Waals surface area (Å²) in [4.78, 5) is 24.2. The number of aromatic amines is 1. The number of nitrogens with two attached hydrogens (primary N) is 1. The van der Waals surface area contributed by atoms with Gasteiger partial charge in [-0.3, -0.25) is 14.9 Å². The summed E-state index contributed by atoms with van der Waals surface area (Å²) < 4.78 is 0.670. The van der Waals surface area contributed by atoms with Crippen LogP contribution in [0.15, 0.2) is 22.8 Å². The topological polar surface area (TPSA) is 122 Å². The number of aromatic nitrogens is 1. The van der Waals surface area contributed by atoms with Crippen LogP contribution in [0.25, 0.3) is 10.9 Å². The number of H-pyrrole nitrogens is 1. The molecule has 1 atom stereocenters. The largest absolute Gasteiger partial charge is 0.480 e. The SMILES string of the molecule is N[C@@H](Cc1c[nH]c2c(Br)ccc([N+](=O)[O-])c12)C(=O)O. The highest BCUT2D eigenvalue weighted by Gasteiger charge is 2.22. The molecule has 2 rings (SSSR count). The van der Waals surface area contributed by atoms with Crippen molar-refractivity contribution in [2.75, 3.05) is 0 Å². The molecule has 8 heteroatoms. The molecular formula is C11H10BrN3O4. The monoisotopic (exact) mass is 327 g/mol. The maximum atomic E-state index is 11.0. The van der Waals surface area contributed by atoms with E-state index in [-0.39, 0.29) is 12.1 Å². The molecule has 100 valence electrons. The molecule has 0 aliphatic carbocycles. The van der Waals surface area contributed by atoms with Gasteiger partial charge in [-0.1, -0.05) is 0 Å². The molecule has 0 aliphatic heterocycles. The molecule has 0 saturated carbocycles. The maximum absolute atomic E-state index is 11.0. The Morgan fingerprint density at radius 3 is 2.84 bits per heavy atom. The van der Waals surface area contributed by atoms with Crippen LogP contribution in [0.5, 0.6) is 0 Å². The highest BCUT2D eigenvalue weighted by atomic mass is 79.9. The molecule has 1 heterocycles. The molecule has 1 aromatic heterocycles. The van der Waals surface area contributed by atoms with Gasteiger partial charge in [0.15, 0.2) is 0 Å². The zero-order chi connectivity index (χ0) is 14.2. The lowest BCUT2D eigenvalue weighted by Gasteiger charge is -2.05. The Balaban J connectivity index is 2.59. The Morgan fingerprint density at radius 2 is 2.26 bits per heavy atom. The quantitative estimate of drug-likeness (QED) is 0.583. The Hall–Kier alpha value is -1.93. The average molecular weight is 328 g/mol. The Kier molecular flexibility index (Phi) is 3.54. The Morgan fingerprint density at radius 1 is 1.58 bits per heavy atom. The van der Waals surface area contributed by atoms with Gasteiger partial charge >= 0.3 is 5.97 Å². The Bertz CT molecular complexity index is 667. The van der Waals surface area contributed by atoms with Gasteiger partial charge in [0.05, 0.1) is 15.8 Å². The average Bonchev–Trinajstić information content (AvgIpc) is 2.74. The fourth-order valence-corrected chi connectivity index (χ4v) is 2.35. The van der Waals surface area contributed by atoms with Crippen LogP contribution in [0.3, 0.4) is 0 Å². The summed E-state index contributed by atoms with van der Waals surface area (Å²) in [7, 11) is 0. The summed E-state index contributed by atoms with van der Waals surface area (Å²) in [5.74, 6) is -1.15. The number of benzene rings is 1. The van der Waals surface area contributed by atoms with Crippen molar-refractivity contribution < 1.29 is 14.8 Å². The van der Waals surface area contributed by atoms with E-state index in [0.29, 0.717) is 20.9 Å². The van der Waals surface area contributed by atoms with Crippen LogP contribution >= 0.6 is 15.9 Å². The first-order chi connectivity index (χ1) is 8.91.